The van der Waals surface area contributed by atoms with Crippen LogP contribution < -0.4 is 42.6 Å². The summed E-state index contributed by atoms with van der Waals surface area (Å²) in [5.41, 5.74) is 20.5. The molecule has 2 aliphatic heterocycles. The summed E-state index contributed by atoms with van der Waals surface area (Å²) in [6.45, 7) is 31.7. The molecule has 730 valence electrons. The highest BCUT2D eigenvalue weighted by Gasteiger charge is 2.46. The van der Waals surface area contributed by atoms with Crippen molar-refractivity contribution in [3.8, 4) is 5.75 Å². The second-order valence-corrected chi connectivity index (χ2v) is 32.7. The van der Waals surface area contributed by atoms with E-state index in [0.717, 1.165) is 75.8 Å². The number of alkyl carbamates (subject to hydrolysis) is 3. The summed E-state index contributed by atoms with van der Waals surface area (Å²) < 4.78 is 48.5. The Morgan fingerprint density at radius 3 is 1.47 bits per heavy atom. The lowest BCUT2D eigenvalue weighted by Gasteiger charge is -2.27. The number of oxime groups is 1. The Bertz CT molecular complexity index is 6940. The van der Waals surface area contributed by atoms with Crippen LogP contribution in [0.1, 0.15) is 106 Å². The lowest BCUT2D eigenvalue weighted by molar-refractivity contribution is -0.142. The summed E-state index contributed by atoms with van der Waals surface area (Å²) in [7, 11) is 0. The number of ketones is 2. The van der Waals surface area contributed by atoms with Gasteiger partial charge in [-0.3, -0.25) is 28.8 Å². The van der Waals surface area contributed by atoms with Crippen LogP contribution in [0.3, 0.4) is 0 Å². The van der Waals surface area contributed by atoms with Gasteiger partial charge < -0.3 is 93.6 Å². The van der Waals surface area contributed by atoms with Crippen molar-refractivity contribution in [2.24, 2.45) is 16.8 Å². The van der Waals surface area contributed by atoms with E-state index in [-0.39, 0.29) is 101 Å². The number of para-hydroxylation sites is 4. The molecule has 32 nitrogen and oxygen atoms in total. The van der Waals surface area contributed by atoms with Gasteiger partial charge in [-0.05, 0) is 158 Å². The third kappa shape index (κ3) is 28.8. The average Bonchev–Trinajstić information content (AvgIpc) is 1.61. The summed E-state index contributed by atoms with van der Waals surface area (Å²) in [5.74, 6) is -1.37. The summed E-state index contributed by atoms with van der Waals surface area (Å²) >= 11 is 0. The number of allylic oxidation sites excluding steroid dienone is 3. The van der Waals surface area contributed by atoms with E-state index in [1.54, 1.807) is 63.2 Å². The van der Waals surface area contributed by atoms with E-state index in [0.29, 0.717) is 90.4 Å². The Morgan fingerprint density at radius 2 is 0.979 bits per heavy atom. The second kappa shape index (κ2) is 51.2. The molecule has 13 aromatic rings. The average molecular weight is 1910 g/mol. The molecule has 0 saturated carbocycles. The Morgan fingerprint density at radius 1 is 0.496 bits per heavy atom. The molecule has 2 unspecified atom stereocenters. The van der Waals surface area contributed by atoms with E-state index in [9.17, 15) is 57.5 Å². The monoisotopic (exact) mass is 1910 g/mol. The third-order valence-corrected chi connectivity index (χ3v) is 22.0. The van der Waals surface area contributed by atoms with Crippen molar-refractivity contribution in [1.82, 2.24) is 40.4 Å². The number of ether oxygens (including phenoxy) is 9. The lowest BCUT2D eigenvalue weighted by Crippen LogP contribution is -2.36. The number of aromatic nitrogens is 4. The number of nitrogens with zero attached hydrogens (tertiary/aromatic N) is 3. The number of pyridine rings is 2. The molecule has 0 radical (unpaired) electrons. The maximum absolute atomic E-state index is 13.1. The molecule has 0 spiro atoms. The quantitative estimate of drug-likeness (QED) is 0.00787. The number of rotatable bonds is 28. The second-order valence-electron chi connectivity index (χ2n) is 32.7. The largest absolute Gasteiger partial charge is 0.490 e. The van der Waals surface area contributed by atoms with Crippen molar-refractivity contribution in [2.75, 3.05) is 72.5 Å². The Balaban J connectivity index is 0.000000160. The minimum absolute atomic E-state index is 0.00734. The maximum atomic E-state index is 13.1. The number of Topliss-reactive ketones (excluding diaryl/α,β-unsaturated/α-hetero) is 2. The number of amides is 4. The van der Waals surface area contributed by atoms with E-state index in [1.165, 1.54) is 59.4 Å². The first-order chi connectivity index (χ1) is 67.9. The molecule has 9 aromatic carbocycles. The van der Waals surface area contributed by atoms with Gasteiger partial charge in [0.1, 0.15) is 64.4 Å². The first-order valence-electron chi connectivity index (χ1n) is 45.4. The van der Waals surface area contributed by atoms with Gasteiger partial charge in [0, 0.05) is 115 Å². The first kappa shape index (κ1) is 104. The zero-order valence-electron chi connectivity index (χ0n) is 79.5. The molecule has 8 N–H and O–H groups in total. The molecule has 141 heavy (non-hydrogen) atoms. The minimum atomic E-state index is -0.693. The molecule has 0 fully saturated rings. The molecule has 6 heterocycles. The number of esters is 4. The van der Waals surface area contributed by atoms with Gasteiger partial charge in [-0.25, -0.2) is 28.8 Å². The summed E-state index contributed by atoms with van der Waals surface area (Å²) in [6.07, 6.45) is 9.41. The third-order valence-electron chi connectivity index (χ3n) is 22.0. The number of fused-ring (bicyclic) bond motifs is 11. The van der Waals surface area contributed by atoms with E-state index in [1.807, 2.05) is 134 Å². The smallest absolute Gasteiger partial charge is 0.407 e. The number of carbonyl (C=O) groups is 10. The van der Waals surface area contributed by atoms with Gasteiger partial charge in [-0.2, -0.15) is 0 Å². The van der Waals surface area contributed by atoms with Gasteiger partial charge >= 0.3 is 42.2 Å². The molecule has 4 aliphatic rings. The molecule has 2 atom stereocenters. The van der Waals surface area contributed by atoms with Crippen molar-refractivity contribution in [1.29, 1.82) is 0 Å². The van der Waals surface area contributed by atoms with Gasteiger partial charge in [0.15, 0.2) is 28.7 Å². The summed E-state index contributed by atoms with van der Waals surface area (Å²) in [4.78, 5) is 152. The van der Waals surface area contributed by atoms with Crippen molar-refractivity contribution in [3.05, 3.63) is 339 Å². The highest BCUT2D eigenvalue weighted by molar-refractivity contribution is 6.22. The zero-order chi connectivity index (χ0) is 101. The van der Waals surface area contributed by atoms with E-state index in [4.69, 9.17) is 38.9 Å². The number of aryl methyl sites for hydroxylation is 1. The fraction of sp³-hybridized carbons (Fsp3) is 0.239. The topological polar surface area (TPSA) is 425 Å². The van der Waals surface area contributed by atoms with Crippen LogP contribution in [0.25, 0.3) is 87.6 Å². The first-order valence-corrected chi connectivity index (χ1v) is 45.4. The molecule has 17 rings (SSSR count). The fourth-order valence-electron chi connectivity index (χ4n) is 15.2. The number of hydrogen-bond donors (Lipinski definition) is 7. The van der Waals surface area contributed by atoms with Crippen LogP contribution in [-0.4, -0.2) is 158 Å². The molecule has 0 saturated heterocycles. The number of H-pyrrole nitrogens is 2. The van der Waals surface area contributed by atoms with Gasteiger partial charge in [-0.1, -0.05) is 185 Å². The number of hydrogen-bond acceptors (Lipinski definition) is 24. The maximum Gasteiger partial charge on any atom is 0.407 e. The molecule has 4 amide bonds. The standard InChI is InChI=1S/C23H20N2O3.C20H12N2O2.C18H23NO5.C17H20N2O4.C15H13N.C11H17NO6.C5H7NO2/c1-12(2)17(26)11-13-7-9-14(10-8-13)21-19-18(23(28)25-21)20(24)15-5-3-4-6-16(15)22(19)27;23-19-11-5-1-3-7-15(11)21-17-10-14-18(9-13(17)19)22-16-8-4-2-6-12(16)20(14)24;1-13(2)17(20)23-10-9-19-18(21)24-12-11-22-16-8-4-6-14-5-3-7-15(14)16;1-13(2)16(20)22-9-7-18-17(21)23-10-8-19-11-14-5-3-4-6-15(14)12-19;1-11(2)16-14-9-5-3-7-12(14)13-8-4-6-10-15(13)16;1-8(2)10(14)17-5-4-12-11(15)18-7-6-16-9(3)13;1-2-5-3-8-6-4-7-5/h3-10,18,20H,1,11,24H2,2H3,(H,25,28);1-10H,(H,21,23)(H,22,24);4,6,8H,1,3,5,7,9-12H2,2H3,(H,19,21);3-6,11-12H,1,7-10H2,2H3,(H,18,21);3-10H,1H2,2H3;1,4-7H2,2-3H3,(H,12,15);3-4H,2H2,1H3. The van der Waals surface area contributed by atoms with Crippen LogP contribution in [0.2, 0.25) is 0 Å². The Kier molecular flexibility index (Phi) is 37.9. The number of aromatic amines is 2. The SMILES string of the molecule is C=C(C)C(=O)Cc1ccc(C2=C3C(=O)c4ccccc4C(N)C3C(=O)N2)cc1.C=C(C)C(=O)OCCNC(=O)OCCOC(C)=O.C=C(C)C(=O)OCCNC(=O)OCCOc1cccc2c1CCC2.C=C(C)C(=O)OCCNC(=O)OCCn1cc2ccccc2c1.C=C(C)n1c2ccccc2c2ccccc21.CCC1=CON=CO1.O=c1c2ccccc2[nH]c2cc3c(=O)c4ccccc4[nH]c3cc12. The van der Waals surface area contributed by atoms with Crippen LogP contribution in [0.15, 0.2) is 300 Å². The van der Waals surface area contributed by atoms with Crippen molar-refractivity contribution >= 4 is 154 Å². The fourth-order valence-corrected chi connectivity index (χ4v) is 15.2. The number of nitrogens with one attached hydrogen (secondary N) is 6. The van der Waals surface area contributed by atoms with Gasteiger partial charge in [0.25, 0.3) is 0 Å². The predicted octanol–water partition coefficient (Wildman–Crippen LogP) is 17.2. The van der Waals surface area contributed by atoms with Crippen molar-refractivity contribution in [2.45, 2.75) is 93.2 Å². The minimum Gasteiger partial charge on any atom is -0.490 e. The Hall–Kier alpha value is -17.0. The highest BCUT2D eigenvalue weighted by Crippen LogP contribution is 2.43. The summed E-state index contributed by atoms with van der Waals surface area (Å²) in [5, 5.41) is 20.9. The van der Waals surface area contributed by atoms with E-state index >= 15 is 0 Å². The van der Waals surface area contributed by atoms with Crippen molar-refractivity contribution in [3.63, 3.8) is 0 Å². The van der Waals surface area contributed by atoms with Crippen LogP contribution in [0, 0.1) is 5.92 Å². The van der Waals surface area contributed by atoms with Crippen LogP contribution in [0.5, 0.6) is 5.75 Å². The highest BCUT2D eigenvalue weighted by atomic mass is 16.7. The molecular weight excluding hydrogens is 1800 g/mol. The normalized spacial score (nSPS) is 13.2. The van der Waals surface area contributed by atoms with E-state index in [2.05, 4.69) is 143 Å². The molecule has 0 bridgehead atoms. The van der Waals surface area contributed by atoms with Crippen molar-refractivity contribution < 1.29 is 95.4 Å². The van der Waals surface area contributed by atoms with Gasteiger partial charge in [0.2, 0.25) is 12.3 Å². The van der Waals surface area contributed by atoms with Gasteiger partial charge in [0.05, 0.1) is 59.9 Å². The van der Waals surface area contributed by atoms with Crippen LogP contribution in [0.4, 0.5) is 14.4 Å². The lowest BCUT2D eigenvalue weighted by atomic mass is 9.76. The zero-order valence-corrected chi connectivity index (χ0v) is 79.5. The van der Waals surface area contributed by atoms with Gasteiger partial charge in [-0.15, -0.1) is 0 Å². The molecule has 32 heteroatoms. The van der Waals surface area contributed by atoms with Crippen LogP contribution >= 0.6 is 0 Å². The number of carbonyl (C=O) groups excluding carboxylic acids is 10. The molecule has 4 aromatic heterocycles. The predicted molar refractivity (Wildman–Crippen MR) is 541 cm³/mol. The number of benzene rings is 9. The number of nitrogens with two attached hydrogens (primary N) is 1. The summed E-state index contributed by atoms with van der Waals surface area (Å²) in [6, 6.07) is 63.2. The van der Waals surface area contributed by atoms with E-state index < -0.39 is 54.1 Å². The van der Waals surface area contributed by atoms with Crippen LogP contribution in [-0.2, 0) is 97.3 Å². The molecular formula is C109H112N10O22. The molecule has 2 aliphatic carbocycles. The Labute approximate surface area is 812 Å².